The van der Waals surface area contributed by atoms with Crippen LogP contribution in [0.25, 0.3) is 0 Å². The molecule has 3 nitrogen and oxygen atoms in total. The monoisotopic (exact) mass is 152 g/mol. The van der Waals surface area contributed by atoms with Gasteiger partial charge in [0, 0.05) is 19.0 Å². The summed E-state index contributed by atoms with van der Waals surface area (Å²) < 4.78 is 0. The first-order chi connectivity index (χ1) is 5.36. The maximum absolute atomic E-state index is 10.9. The summed E-state index contributed by atoms with van der Waals surface area (Å²) in [4.78, 5) is 16.9. The van der Waals surface area contributed by atoms with E-state index in [2.05, 4.69) is 9.89 Å². The first kappa shape index (κ1) is 6.83. The number of aliphatic imine (C=N–C) groups is 1. The maximum Gasteiger partial charge on any atom is 0.249 e. The summed E-state index contributed by atoms with van der Waals surface area (Å²) in [5.74, 6) is 0.0492. The second kappa shape index (κ2) is 2.64. The van der Waals surface area contributed by atoms with Crippen LogP contribution in [0.2, 0.25) is 0 Å². The summed E-state index contributed by atoms with van der Waals surface area (Å²) in [5, 5.41) is 0. The summed E-state index contributed by atoms with van der Waals surface area (Å²) >= 11 is 0. The van der Waals surface area contributed by atoms with Gasteiger partial charge in [-0.25, -0.2) is 4.99 Å². The van der Waals surface area contributed by atoms with Gasteiger partial charge in [0.05, 0.1) is 6.34 Å². The third-order valence-electron chi connectivity index (χ3n) is 2.43. The summed E-state index contributed by atoms with van der Waals surface area (Å²) in [6.45, 7) is 1.08. The molecule has 2 heterocycles. The van der Waals surface area contributed by atoms with Gasteiger partial charge >= 0.3 is 0 Å². The lowest BCUT2D eigenvalue weighted by atomic mass is 9.99. The van der Waals surface area contributed by atoms with Crippen LogP contribution in [0.3, 0.4) is 0 Å². The number of hydrogen-bond acceptors (Lipinski definition) is 2. The molecule has 2 aliphatic rings. The zero-order chi connectivity index (χ0) is 7.68. The molecule has 0 bridgehead atoms. The summed E-state index contributed by atoms with van der Waals surface area (Å²) in [6, 6.07) is 0.466. The zero-order valence-corrected chi connectivity index (χ0v) is 6.49. The third-order valence-corrected chi connectivity index (χ3v) is 2.43. The fraction of sp³-hybridized carbons (Fsp3) is 0.750. The van der Waals surface area contributed by atoms with E-state index in [1.165, 1.54) is 12.8 Å². The number of nitrogens with zero attached hydrogens (tertiary/aromatic N) is 2. The highest BCUT2D eigenvalue weighted by atomic mass is 16.1. The molecule has 1 unspecified atom stereocenters. The number of fused-ring (bicyclic) bond motifs is 1. The lowest BCUT2D eigenvalue weighted by molar-refractivity contribution is -0.119. The standard InChI is InChI=1S/C8H12N2O/c11-8-5-7-3-1-2-4-10(7)6-9-8/h6-7H,1-5H2. The molecule has 11 heavy (non-hydrogen) atoms. The molecule has 0 saturated carbocycles. The minimum absolute atomic E-state index is 0.0492. The van der Waals surface area contributed by atoms with E-state index < -0.39 is 0 Å². The molecule has 3 heteroatoms. The van der Waals surface area contributed by atoms with Crippen LogP contribution in [0.5, 0.6) is 0 Å². The van der Waals surface area contributed by atoms with E-state index in [1.54, 1.807) is 6.34 Å². The number of rotatable bonds is 0. The molecule has 1 atom stereocenters. The van der Waals surface area contributed by atoms with Crippen LogP contribution in [0.15, 0.2) is 4.99 Å². The summed E-state index contributed by atoms with van der Waals surface area (Å²) in [5.41, 5.74) is 0. The number of carbonyl (C=O) groups is 1. The number of hydrogen-bond donors (Lipinski definition) is 0. The minimum atomic E-state index is 0.0492. The van der Waals surface area contributed by atoms with Crippen molar-refractivity contribution in [2.24, 2.45) is 4.99 Å². The van der Waals surface area contributed by atoms with Crippen LogP contribution in [0.4, 0.5) is 0 Å². The van der Waals surface area contributed by atoms with E-state index in [9.17, 15) is 4.79 Å². The number of carbonyl (C=O) groups excluding carboxylic acids is 1. The van der Waals surface area contributed by atoms with Crippen molar-refractivity contribution in [3.05, 3.63) is 0 Å². The highest BCUT2D eigenvalue weighted by molar-refractivity contribution is 5.87. The largest absolute Gasteiger partial charge is 0.359 e. The number of piperidine rings is 1. The molecule has 1 amide bonds. The van der Waals surface area contributed by atoms with Crippen LogP contribution in [0, 0.1) is 0 Å². The van der Waals surface area contributed by atoms with E-state index in [4.69, 9.17) is 0 Å². The predicted molar refractivity (Wildman–Crippen MR) is 42.5 cm³/mol. The van der Waals surface area contributed by atoms with Crippen LogP contribution in [-0.2, 0) is 4.79 Å². The normalized spacial score (nSPS) is 30.4. The molecule has 2 aliphatic heterocycles. The molecule has 0 N–H and O–H groups in total. The van der Waals surface area contributed by atoms with Gasteiger partial charge in [-0.15, -0.1) is 0 Å². The molecule has 1 saturated heterocycles. The Kier molecular flexibility index (Phi) is 1.64. The second-order valence-electron chi connectivity index (χ2n) is 3.23. The lowest BCUT2D eigenvalue weighted by Gasteiger charge is -2.35. The molecular formula is C8H12N2O. The molecule has 0 aromatic rings. The molecule has 60 valence electrons. The van der Waals surface area contributed by atoms with Crippen LogP contribution < -0.4 is 0 Å². The van der Waals surface area contributed by atoms with Crippen LogP contribution in [0.1, 0.15) is 25.7 Å². The minimum Gasteiger partial charge on any atom is -0.359 e. The quantitative estimate of drug-likeness (QED) is 0.514. The van der Waals surface area contributed by atoms with E-state index in [0.29, 0.717) is 12.5 Å². The van der Waals surface area contributed by atoms with Crippen molar-refractivity contribution in [2.75, 3.05) is 6.54 Å². The van der Waals surface area contributed by atoms with Gasteiger partial charge in [0.1, 0.15) is 0 Å². The maximum atomic E-state index is 10.9. The van der Waals surface area contributed by atoms with Gasteiger partial charge in [-0.3, -0.25) is 4.79 Å². The second-order valence-corrected chi connectivity index (χ2v) is 3.23. The fourth-order valence-corrected chi connectivity index (χ4v) is 1.79. The van der Waals surface area contributed by atoms with Gasteiger partial charge in [-0.1, -0.05) is 0 Å². The smallest absolute Gasteiger partial charge is 0.249 e. The SMILES string of the molecule is O=C1CC2CCCCN2C=N1. The van der Waals surface area contributed by atoms with Crippen molar-refractivity contribution in [2.45, 2.75) is 31.7 Å². The Morgan fingerprint density at radius 3 is 3.36 bits per heavy atom. The molecule has 0 aromatic heterocycles. The van der Waals surface area contributed by atoms with E-state index in [1.807, 2.05) is 0 Å². The zero-order valence-electron chi connectivity index (χ0n) is 6.49. The van der Waals surface area contributed by atoms with Crippen molar-refractivity contribution in [1.29, 1.82) is 0 Å². The Morgan fingerprint density at radius 2 is 2.45 bits per heavy atom. The van der Waals surface area contributed by atoms with Gasteiger partial charge in [0.25, 0.3) is 0 Å². The van der Waals surface area contributed by atoms with Gasteiger partial charge in [-0.2, -0.15) is 0 Å². The first-order valence-corrected chi connectivity index (χ1v) is 4.19. The molecular weight excluding hydrogens is 140 g/mol. The summed E-state index contributed by atoms with van der Waals surface area (Å²) in [7, 11) is 0. The van der Waals surface area contributed by atoms with E-state index in [0.717, 1.165) is 13.0 Å². The highest BCUT2D eigenvalue weighted by Crippen LogP contribution is 2.20. The molecule has 0 spiro atoms. The van der Waals surface area contributed by atoms with Crippen molar-refractivity contribution in [3.63, 3.8) is 0 Å². The van der Waals surface area contributed by atoms with Gasteiger partial charge in [-0.05, 0) is 19.3 Å². The van der Waals surface area contributed by atoms with Gasteiger partial charge < -0.3 is 4.90 Å². The Morgan fingerprint density at radius 1 is 1.55 bits per heavy atom. The first-order valence-electron chi connectivity index (χ1n) is 4.19. The van der Waals surface area contributed by atoms with Gasteiger partial charge in [0.2, 0.25) is 5.91 Å². The molecule has 1 fully saturated rings. The van der Waals surface area contributed by atoms with E-state index >= 15 is 0 Å². The van der Waals surface area contributed by atoms with Crippen molar-refractivity contribution in [1.82, 2.24) is 4.90 Å². The van der Waals surface area contributed by atoms with Crippen molar-refractivity contribution in [3.8, 4) is 0 Å². The number of amides is 1. The Balaban J connectivity index is 2.10. The fourth-order valence-electron chi connectivity index (χ4n) is 1.79. The summed E-state index contributed by atoms with van der Waals surface area (Å²) in [6.07, 6.45) is 6.03. The van der Waals surface area contributed by atoms with Crippen molar-refractivity contribution < 1.29 is 4.79 Å². The van der Waals surface area contributed by atoms with Crippen LogP contribution >= 0.6 is 0 Å². The Hall–Kier alpha value is -0.860. The van der Waals surface area contributed by atoms with Gasteiger partial charge in [0.15, 0.2) is 0 Å². The molecule has 0 aliphatic carbocycles. The topological polar surface area (TPSA) is 32.7 Å². The van der Waals surface area contributed by atoms with Crippen LogP contribution in [-0.4, -0.2) is 29.7 Å². The predicted octanol–water partition coefficient (Wildman–Crippen LogP) is 0.799. The third kappa shape index (κ3) is 1.27. The molecule has 0 radical (unpaired) electrons. The highest BCUT2D eigenvalue weighted by Gasteiger charge is 2.25. The molecule has 0 aromatic carbocycles. The average molecular weight is 152 g/mol. The molecule has 2 rings (SSSR count). The van der Waals surface area contributed by atoms with E-state index in [-0.39, 0.29) is 5.91 Å². The van der Waals surface area contributed by atoms with Crippen molar-refractivity contribution >= 4 is 12.2 Å². The Bertz CT molecular complexity index is 200. The Labute approximate surface area is 66.1 Å². The average Bonchev–Trinajstić information content (AvgIpc) is 2.04. The lowest BCUT2D eigenvalue weighted by Crippen LogP contribution is -2.42.